The van der Waals surface area contributed by atoms with Crippen LogP contribution in [0.5, 0.6) is 0 Å². The number of benzene rings is 1. The SMILES string of the molecule is C[C@H](C(=O)NCCc1ccccc1)n1ncn2c(cc3occc32)c1=O. The summed E-state index contributed by atoms with van der Waals surface area (Å²) >= 11 is 0. The van der Waals surface area contributed by atoms with Gasteiger partial charge in [0.25, 0.3) is 5.56 Å². The van der Waals surface area contributed by atoms with Crippen LogP contribution in [0.3, 0.4) is 0 Å². The fourth-order valence-corrected chi connectivity index (χ4v) is 3.02. The Kier molecular flexibility index (Phi) is 4.04. The topological polar surface area (TPSA) is 81.5 Å². The van der Waals surface area contributed by atoms with E-state index in [0.717, 1.165) is 17.5 Å². The average Bonchev–Trinajstić information content (AvgIpc) is 3.24. The Hall–Kier alpha value is -3.35. The van der Waals surface area contributed by atoms with Crippen molar-refractivity contribution in [2.24, 2.45) is 0 Å². The van der Waals surface area contributed by atoms with Crippen molar-refractivity contribution >= 4 is 22.5 Å². The second-order valence-electron chi connectivity index (χ2n) is 6.15. The summed E-state index contributed by atoms with van der Waals surface area (Å²) in [6, 6.07) is 12.6. The molecule has 4 aromatic rings. The molecule has 7 heteroatoms. The normalized spacial score (nSPS) is 12.5. The van der Waals surface area contributed by atoms with Gasteiger partial charge in [0.1, 0.15) is 17.9 Å². The summed E-state index contributed by atoms with van der Waals surface area (Å²) in [6.07, 6.45) is 3.82. The fourth-order valence-electron chi connectivity index (χ4n) is 3.02. The molecule has 26 heavy (non-hydrogen) atoms. The average molecular weight is 350 g/mol. The predicted octanol–water partition coefficient (Wildman–Crippen LogP) is 2.16. The molecule has 0 aliphatic rings. The highest BCUT2D eigenvalue weighted by Gasteiger charge is 2.19. The largest absolute Gasteiger partial charge is 0.463 e. The van der Waals surface area contributed by atoms with Crippen LogP contribution in [0.1, 0.15) is 18.5 Å². The van der Waals surface area contributed by atoms with Crippen molar-refractivity contribution in [3.8, 4) is 0 Å². The molecule has 4 rings (SSSR count). The van der Waals surface area contributed by atoms with Gasteiger partial charge in [0, 0.05) is 18.7 Å². The summed E-state index contributed by atoms with van der Waals surface area (Å²) in [4.78, 5) is 25.1. The van der Waals surface area contributed by atoms with Crippen LogP contribution in [0.2, 0.25) is 0 Å². The molecular weight excluding hydrogens is 332 g/mol. The van der Waals surface area contributed by atoms with Gasteiger partial charge in [-0.2, -0.15) is 5.10 Å². The summed E-state index contributed by atoms with van der Waals surface area (Å²) in [6.45, 7) is 2.16. The Morgan fingerprint density at radius 1 is 1.23 bits per heavy atom. The van der Waals surface area contributed by atoms with Crippen molar-refractivity contribution in [1.29, 1.82) is 0 Å². The molecule has 3 aromatic heterocycles. The number of carbonyl (C=O) groups excluding carboxylic acids is 1. The van der Waals surface area contributed by atoms with E-state index in [1.54, 1.807) is 29.7 Å². The van der Waals surface area contributed by atoms with Crippen molar-refractivity contribution in [3.05, 3.63) is 71.0 Å². The molecule has 1 atom stereocenters. The van der Waals surface area contributed by atoms with Gasteiger partial charge in [-0.15, -0.1) is 0 Å². The quantitative estimate of drug-likeness (QED) is 0.598. The molecule has 0 radical (unpaired) electrons. The van der Waals surface area contributed by atoms with Crippen LogP contribution in [-0.2, 0) is 11.2 Å². The lowest BCUT2D eigenvalue weighted by atomic mass is 10.1. The summed E-state index contributed by atoms with van der Waals surface area (Å²) in [5, 5.41) is 7.02. The van der Waals surface area contributed by atoms with E-state index in [1.807, 2.05) is 30.3 Å². The number of fused-ring (bicyclic) bond motifs is 3. The third kappa shape index (κ3) is 2.77. The minimum Gasteiger partial charge on any atom is -0.463 e. The molecule has 0 fully saturated rings. The number of hydrogen-bond donors (Lipinski definition) is 1. The predicted molar refractivity (Wildman–Crippen MR) is 97.1 cm³/mol. The number of nitrogens with zero attached hydrogens (tertiary/aromatic N) is 3. The third-order valence-corrected chi connectivity index (χ3v) is 4.48. The summed E-state index contributed by atoms with van der Waals surface area (Å²) in [5.74, 6) is -0.241. The van der Waals surface area contributed by atoms with E-state index < -0.39 is 6.04 Å². The number of amides is 1. The number of aromatic nitrogens is 3. The molecule has 1 N–H and O–H groups in total. The number of furan rings is 1. The molecular formula is C19H18N4O3. The highest BCUT2D eigenvalue weighted by atomic mass is 16.3. The smallest absolute Gasteiger partial charge is 0.291 e. The molecule has 3 heterocycles. The van der Waals surface area contributed by atoms with E-state index in [-0.39, 0.29) is 11.5 Å². The van der Waals surface area contributed by atoms with E-state index in [9.17, 15) is 9.59 Å². The minimum absolute atomic E-state index is 0.241. The highest BCUT2D eigenvalue weighted by molar-refractivity contribution is 5.82. The van der Waals surface area contributed by atoms with Crippen molar-refractivity contribution in [3.63, 3.8) is 0 Å². The van der Waals surface area contributed by atoms with Gasteiger partial charge in [0.2, 0.25) is 5.91 Å². The molecule has 0 aliphatic carbocycles. The zero-order valence-electron chi connectivity index (χ0n) is 14.3. The van der Waals surface area contributed by atoms with Gasteiger partial charge in [-0.1, -0.05) is 30.3 Å². The van der Waals surface area contributed by atoms with Crippen LogP contribution >= 0.6 is 0 Å². The van der Waals surface area contributed by atoms with Crippen LogP contribution in [0.15, 0.2) is 64.3 Å². The van der Waals surface area contributed by atoms with Crippen LogP contribution in [0, 0.1) is 0 Å². The minimum atomic E-state index is -0.704. The van der Waals surface area contributed by atoms with Crippen LogP contribution in [-0.4, -0.2) is 26.6 Å². The molecule has 132 valence electrons. The Morgan fingerprint density at radius 3 is 2.85 bits per heavy atom. The molecule has 0 aliphatic heterocycles. The fraction of sp³-hybridized carbons (Fsp3) is 0.211. The van der Waals surface area contributed by atoms with Crippen molar-refractivity contribution in [2.45, 2.75) is 19.4 Å². The zero-order chi connectivity index (χ0) is 18.1. The molecule has 1 amide bonds. The van der Waals surface area contributed by atoms with Crippen LogP contribution < -0.4 is 10.9 Å². The first-order valence-electron chi connectivity index (χ1n) is 8.43. The van der Waals surface area contributed by atoms with Gasteiger partial charge < -0.3 is 9.73 Å². The second kappa shape index (κ2) is 6.51. The highest BCUT2D eigenvalue weighted by Crippen LogP contribution is 2.18. The monoisotopic (exact) mass is 350 g/mol. The van der Waals surface area contributed by atoms with Gasteiger partial charge >= 0.3 is 0 Å². The molecule has 0 unspecified atom stereocenters. The van der Waals surface area contributed by atoms with Gasteiger partial charge in [-0.25, -0.2) is 4.68 Å². The third-order valence-electron chi connectivity index (χ3n) is 4.48. The second-order valence-corrected chi connectivity index (χ2v) is 6.15. The maximum Gasteiger partial charge on any atom is 0.291 e. The van der Waals surface area contributed by atoms with E-state index in [0.29, 0.717) is 17.6 Å². The molecule has 1 aromatic carbocycles. The first-order valence-corrected chi connectivity index (χ1v) is 8.43. The lowest BCUT2D eigenvalue weighted by Gasteiger charge is -2.14. The van der Waals surface area contributed by atoms with Gasteiger partial charge in [0.15, 0.2) is 5.58 Å². The van der Waals surface area contributed by atoms with E-state index in [1.165, 1.54) is 11.0 Å². The summed E-state index contributed by atoms with van der Waals surface area (Å²) in [5.41, 5.74) is 2.63. The molecule has 0 saturated carbocycles. The van der Waals surface area contributed by atoms with E-state index in [2.05, 4.69) is 10.4 Å². The van der Waals surface area contributed by atoms with E-state index in [4.69, 9.17) is 4.42 Å². The zero-order valence-corrected chi connectivity index (χ0v) is 14.3. The Balaban J connectivity index is 1.51. The van der Waals surface area contributed by atoms with Gasteiger partial charge in [0.05, 0.1) is 11.8 Å². The van der Waals surface area contributed by atoms with Crippen molar-refractivity contribution < 1.29 is 9.21 Å². The van der Waals surface area contributed by atoms with E-state index >= 15 is 0 Å². The van der Waals surface area contributed by atoms with Crippen LogP contribution in [0.4, 0.5) is 0 Å². The molecule has 7 nitrogen and oxygen atoms in total. The first kappa shape index (κ1) is 16.1. The summed E-state index contributed by atoms with van der Waals surface area (Å²) < 4.78 is 8.19. The maximum absolute atomic E-state index is 12.7. The standard InChI is InChI=1S/C19H18N4O3/c1-13(18(24)20-9-7-14-5-3-2-4-6-14)23-19(25)16-11-17-15(8-10-26-17)22(16)12-21-23/h2-6,8,10-13H,7,9H2,1H3,(H,20,24)/t13-/m1/s1. The lowest BCUT2D eigenvalue weighted by molar-refractivity contribution is -0.124. The van der Waals surface area contributed by atoms with Crippen molar-refractivity contribution in [2.75, 3.05) is 6.54 Å². The Morgan fingerprint density at radius 2 is 2.04 bits per heavy atom. The Labute approximate surface area is 148 Å². The number of nitrogens with one attached hydrogen (secondary N) is 1. The number of carbonyl (C=O) groups is 1. The number of hydrogen-bond acceptors (Lipinski definition) is 4. The molecule has 0 bridgehead atoms. The summed E-state index contributed by atoms with van der Waals surface area (Å²) in [7, 11) is 0. The molecule has 0 spiro atoms. The maximum atomic E-state index is 12.7. The van der Waals surface area contributed by atoms with Crippen LogP contribution in [0.25, 0.3) is 16.6 Å². The Bertz CT molecular complexity index is 1120. The lowest BCUT2D eigenvalue weighted by Crippen LogP contribution is -2.38. The van der Waals surface area contributed by atoms with Crippen molar-refractivity contribution in [1.82, 2.24) is 19.5 Å². The van der Waals surface area contributed by atoms with Gasteiger partial charge in [-0.05, 0) is 18.9 Å². The molecule has 0 saturated heterocycles. The first-order chi connectivity index (χ1) is 12.6. The van der Waals surface area contributed by atoms with Gasteiger partial charge in [-0.3, -0.25) is 14.0 Å². The number of rotatable bonds is 5.